The summed E-state index contributed by atoms with van der Waals surface area (Å²) in [5, 5.41) is 7.53. The van der Waals surface area contributed by atoms with Gasteiger partial charge in [0.15, 0.2) is 5.11 Å². The minimum absolute atomic E-state index is 0.0779. The van der Waals surface area contributed by atoms with Crippen LogP contribution < -0.4 is 10.6 Å². The van der Waals surface area contributed by atoms with Crippen molar-refractivity contribution in [2.75, 3.05) is 25.5 Å². The summed E-state index contributed by atoms with van der Waals surface area (Å²) in [5.74, 6) is 0.217. The smallest absolute Gasteiger partial charge is 0.341 e. The van der Waals surface area contributed by atoms with Crippen molar-refractivity contribution in [3.05, 3.63) is 16.0 Å². The number of esters is 1. The number of thiophene rings is 1. The molecule has 1 aromatic heterocycles. The van der Waals surface area contributed by atoms with Gasteiger partial charge in [-0.1, -0.05) is 6.92 Å². The molecule has 1 aromatic rings. The third kappa shape index (κ3) is 5.23. The van der Waals surface area contributed by atoms with E-state index < -0.39 is 5.97 Å². The fraction of sp³-hybridized carbons (Fsp3) is 0.650. The highest BCUT2D eigenvalue weighted by atomic mass is 32.1. The summed E-state index contributed by atoms with van der Waals surface area (Å²) in [6.45, 7) is 9.16. The van der Waals surface area contributed by atoms with Crippen LogP contribution in [0.3, 0.4) is 0 Å². The Hall–Kier alpha value is -1.67. The summed E-state index contributed by atoms with van der Waals surface area (Å²) >= 11 is 6.74. The van der Waals surface area contributed by atoms with E-state index in [0.717, 1.165) is 18.8 Å². The van der Waals surface area contributed by atoms with Gasteiger partial charge in [0.1, 0.15) is 5.00 Å². The van der Waals surface area contributed by atoms with Crippen molar-refractivity contribution in [3.8, 4) is 0 Å². The lowest BCUT2D eigenvalue weighted by atomic mass is 9.87. The zero-order chi connectivity index (χ0) is 20.8. The maximum absolute atomic E-state index is 12.8. The van der Waals surface area contributed by atoms with Crippen molar-refractivity contribution in [3.63, 3.8) is 0 Å². The van der Waals surface area contributed by atoms with Crippen LogP contribution in [0.5, 0.6) is 0 Å². The predicted molar refractivity (Wildman–Crippen MR) is 118 cm³/mol. The Morgan fingerprint density at radius 2 is 1.82 bits per heavy atom. The van der Waals surface area contributed by atoms with Gasteiger partial charge in [0, 0.05) is 19.1 Å². The SMILES string of the molecule is CCN(CC)C(=O)c1sc(NC(=S)NC2CCC(C)CC2)c(C(=O)OC)c1C. The van der Waals surface area contributed by atoms with Gasteiger partial charge in [0.2, 0.25) is 0 Å². The van der Waals surface area contributed by atoms with Crippen LogP contribution in [0.15, 0.2) is 0 Å². The zero-order valence-electron chi connectivity index (χ0n) is 17.4. The molecule has 1 saturated carbocycles. The summed E-state index contributed by atoms with van der Waals surface area (Å²) in [6.07, 6.45) is 4.55. The van der Waals surface area contributed by atoms with Crippen LogP contribution in [0.2, 0.25) is 0 Å². The second-order valence-corrected chi connectivity index (χ2v) is 8.71. The second kappa shape index (κ2) is 10.2. The number of thiocarbonyl (C=S) groups is 1. The molecule has 0 aliphatic heterocycles. The van der Waals surface area contributed by atoms with Crippen LogP contribution in [0.25, 0.3) is 0 Å². The van der Waals surface area contributed by atoms with Gasteiger partial charge in [-0.15, -0.1) is 11.3 Å². The number of ether oxygens (including phenoxy) is 1. The number of amides is 1. The summed E-state index contributed by atoms with van der Waals surface area (Å²) < 4.78 is 4.95. The maximum Gasteiger partial charge on any atom is 0.341 e. The predicted octanol–water partition coefficient (Wildman–Crippen LogP) is 4.19. The molecule has 1 amide bonds. The van der Waals surface area contributed by atoms with Crippen LogP contribution in [0.1, 0.15) is 72.0 Å². The van der Waals surface area contributed by atoms with E-state index in [4.69, 9.17) is 17.0 Å². The standard InChI is InChI=1S/C20H31N3O3S2/c1-6-23(7-2)18(24)16-13(4)15(19(25)26-5)17(28-16)22-20(27)21-14-10-8-12(3)9-11-14/h12,14H,6-11H2,1-5H3,(H2,21,22,27). The van der Waals surface area contributed by atoms with Crippen molar-refractivity contribution in [2.45, 2.75) is 59.4 Å². The molecule has 0 spiro atoms. The van der Waals surface area contributed by atoms with Gasteiger partial charge in [-0.2, -0.15) is 0 Å². The monoisotopic (exact) mass is 425 g/mol. The van der Waals surface area contributed by atoms with Gasteiger partial charge in [-0.25, -0.2) is 4.79 Å². The van der Waals surface area contributed by atoms with Gasteiger partial charge in [0.25, 0.3) is 5.91 Å². The molecule has 1 aliphatic rings. The lowest BCUT2D eigenvalue weighted by Crippen LogP contribution is -2.39. The quantitative estimate of drug-likeness (QED) is 0.526. The largest absolute Gasteiger partial charge is 0.465 e. The number of nitrogens with zero attached hydrogens (tertiary/aromatic N) is 1. The molecule has 1 fully saturated rings. The van der Waals surface area contributed by atoms with Gasteiger partial charge in [0.05, 0.1) is 17.6 Å². The highest BCUT2D eigenvalue weighted by Gasteiger charge is 2.28. The second-order valence-electron chi connectivity index (χ2n) is 7.28. The van der Waals surface area contributed by atoms with Crippen molar-refractivity contribution < 1.29 is 14.3 Å². The van der Waals surface area contributed by atoms with Crippen molar-refractivity contribution in [1.29, 1.82) is 0 Å². The summed E-state index contributed by atoms with van der Waals surface area (Å²) in [5.41, 5.74) is 1.01. The van der Waals surface area contributed by atoms with Crippen LogP contribution in [-0.4, -0.2) is 48.1 Å². The highest BCUT2D eigenvalue weighted by molar-refractivity contribution is 7.80. The van der Waals surface area contributed by atoms with E-state index >= 15 is 0 Å². The van der Waals surface area contributed by atoms with E-state index in [-0.39, 0.29) is 5.91 Å². The lowest BCUT2D eigenvalue weighted by molar-refractivity contribution is 0.0601. The highest BCUT2D eigenvalue weighted by Crippen LogP contribution is 2.34. The molecule has 156 valence electrons. The molecule has 8 heteroatoms. The number of hydrogen-bond acceptors (Lipinski definition) is 5. The Morgan fingerprint density at radius 3 is 2.36 bits per heavy atom. The van der Waals surface area contributed by atoms with Crippen LogP contribution in [0, 0.1) is 12.8 Å². The average Bonchev–Trinajstić information content (AvgIpc) is 2.99. The van der Waals surface area contributed by atoms with Gasteiger partial charge >= 0.3 is 5.97 Å². The molecule has 1 aliphatic carbocycles. The van der Waals surface area contributed by atoms with E-state index in [1.165, 1.54) is 31.3 Å². The summed E-state index contributed by atoms with van der Waals surface area (Å²) in [4.78, 5) is 27.5. The van der Waals surface area contributed by atoms with E-state index in [1.807, 2.05) is 13.8 Å². The Morgan fingerprint density at radius 1 is 1.21 bits per heavy atom. The van der Waals surface area contributed by atoms with E-state index in [1.54, 1.807) is 11.8 Å². The first kappa shape index (κ1) is 22.6. The molecular formula is C20H31N3O3S2. The molecule has 2 N–H and O–H groups in total. The first-order valence-electron chi connectivity index (χ1n) is 9.90. The number of rotatable bonds is 6. The molecule has 0 atom stereocenters. The molecule has 2 rings (SSSR count). The third-order valence-electron chi connectivity index (χ3n) is 5.36. The summed E-state index contributed by atoms with van der Waals surface area (Å²) in [7, 11) is 1.34. The van der Waals surface area contributed by atoms with Crippen molar-refractivity contribution >= 4 is 45.5 Å². The maximum atomic E-state index is 12.8. The fourth-order valence-corrected chi connectivity index (χ4v) is 5.04. The van der Waals surface area contributed by atoms with Crippen LogP contribution >= 0.6 is 23.6 Å². The number of nitrogens with one attached hydrogen (secondary N) is 2. The Bertz CT molecular complexity index is 721. The van der Waals surface area contributed by atoms with Gasteiger partial charge < -0.3 is 20.3 Å². The number of methoxy groups -OCH3 is 1. The minimum atomic E-state index is -0.468. The zero-order valence-corrected chi connectivity index (χ0v) is 19.0. The van der Waals surface area contributed by atoms with Crippen molar-refractivity contribution in [1.82, 2.24) is 10.2 Å². The molecule has 0 saturated heterocycles. The molecule has 0 aromatic carbocycles. The van der Waals surface area contributed by atoms with Crippen LogP contribution in [0.4, 0.5) is 5.00 Å². The number of anilines is 1. The first-order valence-corrected chi connectivity index (χ1v) is 11.1. The van der Waals surface area contributed by atoms with Gasteiger partial charge in [-0.3, -0.25) is 4.79 Å². The Balaban J connectivity index is 2.22. The van der Waals surface area contributed by atoms with E-state index in [0.29, 0.717) is 45.2 Å². The fourth-order valence-electron chi connectivity index (χ4n) is 3.54. The third-order valence-corrected chi connectivity index (χ3v) is 6.77. The topological polar surface area (TPSA) is 70.7 Å². The number of carbonyl (C=O) groups excluding carboxylic acids is 2. The Labute approximate surface area is 177 Å². The van der Waals surface area contributed by atoms with Crippen molar-refractivity contribution in [2.24, 2.45) is 5.92 Å². The normalized spacial score (nSPS) is 19.0. The van der Waals surface area contributed by atoms with E-state index in [2.05, 4.69) is 17.6 Å². The molecule has 0 bridgehead atoms. The molecular weight excluding hydrogens is 394 g/mol. The van der Waals surface area contributed by atoms with Gasteiger partial charge in [-0.05, 0) is 70.2 Å². The first-order chi connectivity index (χ1) is 13.3. The molecule has 0 radical (unpaired) electrons. The molecule has 1 heterocycles. The number of hydrogen-bond donors (Lipinski definition) is 2. The van der Waals surface area contributed by atoms with Crippen LogP contribution in [-0.2, 0) is 4.74 Å². The number of carbonyl (C=O) groups is 2. The van der Waals surface area contributed by atoms with E-state index in [9.17, 15) is 9.59 Å². The molecule has 6 nitrogen and oxygen atoms in total. The molecule has 28 heavy (non-hydrogen) atoms. The molecule has 0 unspecified atom stereocenters. The average molecular weight is 426 g/mol. The summed E-state index contributed by atoms with van der Waals surface area (Å²) in [6, 6.07) is 0.343. The lowest BCUT2D eigenvalue weighted by Gasteiger charge is -2.27. The minimum Gasteiger partial charge on any atom is -0.465 e. The Kier molecular flexibility index (Phi) is 8.24.